The van der Waals surface area contributed by atoms with E-state index in [1.165, 1.54) is 0 Å². The Morgan fingerprint density at radius 3 is 2.48 bits per heavy atom. The molecule has 1 aromatic heterocycles. The van der Waals surface area contributed by atoms with E-state index in [4.69, 9.17) is 4.74 Å². The van der Waals surface area contributed by atoms with Gasteiger partial charge in [0, 0.05) is 36.8 Å². The van der Waals surface area contributed by atoms with Crippen LogP contribution in [0.25, 0.3) is 0 Å². The summed E-state index contributed by atoms with van der Waals surface area (Å²) in [5.74, 6) is 0. The van der Waals surface area contributed by atoms with Crippen LogP contribution in [0.3, 0.4) is 0 Å². The highest BCUT2D eigenvalue weighted by atomic mass is 32.1. The number of rotatable bonds is 2. The molecule has 6 heteroatoms. The van der Waals surface area contributed by atoms with Gasteiger partial charge in [0.25, 0.3) is 0 Å². The van der Waals surface area contributed by atoms with Crippen molar-refractivity contribution in [2.45, 2.75) is 58.8 Å². The van der Waals surface area contributed by atoms with Crippen molar-refractivity contribution >= 4 is 17.4 Å². The van der Waals surface area contributed by atoms with Gasteiger partial charge in [-0.05, 0) is 34.6 Å². The number of piperazine rings is 1. The summed E-state index contributed by atoms with van der Waals surface area (Å²) >= 11 is 1.68. The average Bonchev–Trinajstić information content (AvgIpc) is 2.84. The fourth-order valence-corrected chi connectivity index (χ4v) is 3.26. The van der Waals surface area contributed by atoms with Gasteiger partial charge >= 0.3 is 6.09 Å². The molecule has 1 fully saturated rings. The van der Waals surface area contributed by atoms with Crippen LogP contribution in [0, 0.1) is 0 Å². The third-order valence-corrected chi connectivity index (χ3v) is 4.32. The first-order valence-electron chi connectivity index (χ1n) is 7.38. The smallest absolute Gasteiger partial charge is 0.410 e. The molecule has 0 radical (unpaired) electrons. The van der Waals surface area contributed by atoms with Gasteiger partial charge < -0.3 is 9.64 Å². The van der Waals surface area contributed by atoms with E-state index in [0.717, 1.165) is 11.6 Å². The lowest BCUT2D eigenvalue weighted by Crippen LogP contribution is -2.58. The second kappa shape index (κ2) is 6.32. The molecule has 2 heterocycles. The summed E-state index contributed by atoms with van der Waals surface area (Å²) in [6.07, 6.45) is 1.63. The lowest BCUT2D eigenvalue weighted by atomic mass is 10.1. The van der Waals surface area contributed by atoms with Gasteiger partial charge in [-0.2, -0.15) is 0 Å². The Morgan fingerprint density at radius 1 is 1.38 bits per heavy atom. The number of thiazole rings is 1. The van der Waals surface area contributed by atoms with Crippen molar-refractivity contribution in [2.24, 2.45) is 0 Å². The lowest BCUT2D eigenvalue weighted by Gasteiger charge is -2.44. The molecular weight excluding hydrogens is 286 g/mol. The summed E-state index contributed by atoms with van der Waals surface area (Å²) in [6, 6.07) is 0.593. The maximum absolute atomic E-state index is 12.2. The van der Waals surface area contributed by atoms with Crippen molar-refractivity contribution in [2.75, 3.05) is 13.1 Å². The molecule has 0 spiro atoms. The van der Waals surface area contributed by atoms with Crippen LogP contribution in [0.1, 0.15) is 39.6 Å². The van der Waals surface area contributed by atoms with E-state index in [9.17, 15) is 4.79 Å². The van der Waals surface area contributed by atoms with Gasteiger partial charge in [-0.25, -0.2) is 9.78 Å². The van der Waals surface area contributed by atoms with Crippen LogP contribution in [0.4, 0.5) is 4.79 Å². The van der Waals surface area contributed by atoms with Gasteiger partial charge in [0.1, 0.15) is 10.6 Å². The molecule has 1 saturated heterocycles. The van der Waals surface area contributed by atoms with Gasteiger partial charge in [-0.1, -0.05) is 0 Å². The van der Waals surface area contributed by atoms with Crippen molar-refractivity contribution in [3.8, 4) is 0 Å². The molecule has 21 heavy (non-hydrogen) atoms. The van der Waals surface area contributed by atoms with Crippen LogP contribution in [0.5, 0.6) is 0 Å². The van der Waals surface area contributed by atoms with Gasteiger partial charge in [-0.3, -0.25) is 4.90 Å². The van der Waals surface area contributed by atoms with Crippen LogP contribution in [-0.4, -0.2) is 51.7 Å². The first kappa shape index (κ1) is 16.2. The fraction of sp³-hybridized carbons (Fsp3) is 0.733. The molecule has 1 aliphatic rings. The minimum absolute atomic E-state index is 0.213. The molecule has 1 amide bonds. The topological polar surface area (TPSA) is 45.7 Å². The van der Waals surface area contributed by atoms with Crippen molar-refractivity contribution in [3.63, 3.8) is 0 Å². The third kappa shape index (κ3) is 4.41. The number of nitrogens with zero attached hydrogens (tertiary/aromatic N) is 3. The summed E-state index contributed by atoms with van der Waals surface area (Å²) in [6.45, 7) is 12.3. The highest BCUT2D eigenvalue weighted by Crippen LogP contribution is 2.21. The maximum atomic E-state index is 12.2. The Bertz CT molecular complexity index is 458. The van der Waals surface area contributed by atoms with Crippen LogP contribution >= 0.6 is 11.3 Å². The first-order chi connectivity index (χ1) is 9.76. The molecule has 0 aliphatic carbocycles. The number of hydrogen-bond acceptors (Lipinski definition) is 5. The van der Waals surface area contributed by atoms with E-state index < -0.39 is 5.60 Å². The summed E-state index contributed by atoms with van der Waals surface area (Å²) in [4.78, 5) is 20.8. The number of aromatic nitrogens is 1. The maximum Gasteiger partial charge on any atom is 0.410 e. The standard InChI is InChI=1S/C15H25N3O2S/c1-11-8-17(14(19)20-15(3,4)5)9-12(2)18(11)10-13-16-6-7-21-13/h6-7,11-12H,8-10H2,1-5H3/t11-,12+. The Hall–Kier alpha value is -1.14. The van der Waals surface area contributed by atoms with Crippen molar-refractivity contribution in [1.29, 1.82) is 0 Å². The SMILES string of the molecule is C[C@@H]1CN(C(=O)OC(C)(C)C)C[C@H](C)N1Cc1nccs1. The Labute approximate surface area is 130 Å². The zero-order valence-corrected chi connectivity index (χ0v) is 14.3. The Kier molecular flexibility index (Phi) is 4.88. The zero-order valence-electron chi connectivity index (χ0n) is 13.5. The van der Waals surface area contributed by atoms with E-state index in [1.807, 2.05) is 37.2 Å². The molecule has 1 aromatic rings. The molecule has 118 valence electrons. The number of carbonyl (C=O) groups is 1. The van der Waals surface area contributed by atoms with E-state index in [2.05, 4.69) is 23.7 Å². The van der Waals surface area contributed by atoms with E-state index >= 15 is 0 Å². The number of hydrogen-bond donors (Lipinski definition) is 0. The molecule has 2 rings (SSSR count). The molecule has 2 atom stereocenters. The van der Waals surface area contributed by atoms with E-state index in [-0.39, 0.29) is 6.09 Å². The summed E-state index contributed by atoms with van der Waals surface area (Å²) in [5, 5.41) is 3.13. The van der Waals surface area contributed by atoms with Crippen LogP contribution < -0.4 is 0 Å². The fourth-order valence-electron chi connectivity index (χ4n) is 2.63. The second-order valence-corrected chi connectivity index (χ2v) is 7.66. The summed E-state index contributed by atoms with van der Waals surface area (Å²) in [7, 11) is 0. The predicted molar refractivity (Wildman–Crippen MR) is 84.4 cm³/mol. The van der Waals surface area contributed by atoms with Gasteiger partial charge in [0.15, 0.2) is 0 Å². The third-order valence-electron chi connectivity index (χ3n) is 3.55. The summed E-state index contributed by atoms with van der Waals surface area (Å²) < 4.78 is 5.47. The number of carbonyl (C=O) groups excluding carboxylic acids is 1. The average molecular weight is 311 g/mol. The van der Waals surface area contributed by atoms with Gasteiger partial charge in [0.05, 0.1) is 6.54 Å². The molecule has 0 bridgehead atoms. The Balaban J connectivity index is 1.96. The minimum Gasteiger partial charge on any atom is -0.444 e. The molecular formula is C15H25N3O2S. The minimum atomic E-state index is -0.443. The zero-order chi connectivity index (χ0) is 15.6. The first-order valence-corrected chi connectivity index (χ1v) is 8.26. The van der Waals surface area contributed by atoms with Crippen molar-refractivity contribution in [1.82, 2.24) is 14.8 Å². The second-order valence-electron chi connectivity index (χ2n) is 6.68. The van der Waals surface area contributed by atoms with E-state index in [1.54, 1.807) is 11.3 Å². The Morgan fingerprint density at radius 2 is 2.00 bits per heavy atom. The molecule has 0 aromatic carbocycles. The molecule has 0 saturated carbocycles. The molecule has 0 unspecified atom stereocenters. The monoisotopic (exact) mass is 311 g/mol. The van der Waals surface area contributed by atoms with Crippen LogP contribution in [0.15, 0.2) is 11.6 Å². The number of ether oxygens (including phenoxy) is 1. The van der Waals surface area contributed by atoms with Gasteiger partial charge in [0.2, 0.25) is 0 Å². The molecule has 5 nitrogen and oxygen atoms in total. The summed E-state index contributed by atoms with van der Waals surface area (Å²) in [5.41, 5.74) is -0.443. The normalized spacial score (nSPS) is 24.1. The van der Waals surface area contributed by atoms with Crippen molar-refractivity contribution < 1.29 is 9.53 Å². The van der Waals surface area contributed by atoms with E-state index in [0.29, 0.717) is 25.2 Å². The molecule has 1 aliphatic heterocycles. The van der Waals surface area contributed by atoms with Crippen molar-refractivity contribution in [3.05, 3.63) is 16.6 Å². The lowest BCUT2D eigenvalue weighted by molar-refractivity contribution is -0.00968. The molecule has 0 N–H and O–H groups in total. The van der Waals surface area contributed by atoms with Crippen LogP contribution in [0.2, 0.25) is 0 Å². The highest BCUT2D eigenvalue weighted by Gasteiger charge is 2.34. The van der Waals surface area contributed by atoms with Crippen LogP contribution in [-0.2, 0) is 11.3 Å². The highest BCUT2D eigenvalue weighted by molar-refractivity contribution is 7.09. The van der Waals surface area contributed by atoms with Gasteiger partial charge in [-0.15, -0.1) is 11.3 Å². The predicted octanol–water partition coefficient (Wildman–Crippen LogP) is 2.97. The quantitative estimate of drug-likeness (QED) is 0.842. The largest absolute Gasteiger partial charge is 0.444 e. The number of amides is 1.